The zero-order chi connectivity index (χ0) is 19.3. The molecule has 1 aromatic heterocycles. The number of sulfonamides is 1. The lowest BCUT2D eigenvalue weighted by Crippen LogP contribution is -2.12. The van der Waals surface area contributed by atoms with Crippen LogP contribution in [0.4, 0.5) is 21.8 Å². The van der Waals surface area contributed by atoms with E-state index in [0.29, 0.717) is 30.4 Å². The van der Waals surface area contributed by atoms with E-state index < -0.39 is 10.0 Å². The summed E-state index contributed by atoms with van der Waals surface area (Å²) in [4.78, 5) is 8.50. The van der Waals surface area contributed by atoms with Gasteiger partial charge in [0.05, 0.1) is 10.6 Å². The number of para-hydroxylation sites is 1. The predicted molar refractivity (Wildman–Crippen MR) is 102 cm³/mol. The van der Waals surface area contributed by atoms with Gasteiger partial charge in [0.25, 0.3) is 0 Å². The van der Waals surface area contributed by atoms with Crippen LogP contribution in [0.3, 0.4) is 0 Å². The summed E-state index contributed by atoms with van der Waals surface area (Å²) in [6.45, 7) is 0.540. The van der Waals surface area contributed by atoms with Crippen molar-refractivity contribution in [3.8, 4) is 0 Å². The minimum Gasteiger partial charge on any atom is -0.354 e. The molecule has 0 saturated carbocycles. The third-order valence-corrected chi connectivity index (χ3v) is 4.67. The van der Waals surface area contributed by atoms with Crippen molar-refractivity contribution in [2.45, 2.75) is 11.3 Å². The maximum Gasteiger partial charge on any atom is 0.238 e. The van der Waals surface area contributed by atoms with E-state index in [1.165, 1.54) is 18.2 Å². The average Bonchev–Trinajstić information content (AvgIpc) is 2.64. The molecule has 7 nitrogen and oxygen atoms in total. The first kappa shape index (κ1) is 18.7. The smallest absolute Gasteiger partial charge is 0.238 e. The first-order chi connectivity index (χ1) is 12.9. The Morgan fingerprint density at radius 2 is 1.78 bits per heavy atom. The molecule has 0 radical (unpaired) electrons. The van der Waals surface area contributed by atoms with E-state index in [0.717, 1.165) is 5.56 Å². The highest BCUT2D eigenvalue weighted by atomic mass is 32.2. The number of hydrogen-bond acceptors (Lipinski definition) is 6. The van der Waals surface area contributed by atoms with E-state index >= 15 is 0 Å². The SMILES string of the molecule is NS(=O)(=O)c1ccc(CCNc2nccc(Nc3ccccc3F)n2)cc1. The molecule has 140 valence electrons. The molecule has 0 atom stereocenters. The lowest BCUT2D eigenvalue weighted by Gasteiger charge is -2.09. The summed E-state index contributed by atoms with van der Waals surface area (Å²) in [6.07, 6.45) is 2.21. The summed E-state index contributed by atoms with van der Waals surface area (Å²) >= 11 is 0. The fourth-order valence-electron chi connectivity index (χ4n) is 2.38. The number of nitrogens with zero attached hydrogens (tertiary/aromatic N) is 2. The summed E-state index contributed by atoms with van der Waals surface area (Å²) in [6, 6.07) is 14.3. The van der Waals surface area contributed by atoms with Crippen LogP contribution in [0.2, 0.25) is 0 Å². The minimum atomic E-state index is -3.69. The second kappa shape index (κ2) is 8.11. The van der Waals surface area contributed by atoms with Gasteiger partial charge in [0.15, 0.2) is 0 Å². The van der Waals surface area contributed by atoms with Gasteiger partial charge < -0.3 is 10.6 Å². The molecular formula is C18H18FN5O2S. The van der Waals surface area contributed by atoms with Gasteiger partial charge >= 0.3 is 0 Å². The molecule has 0 amide bonds. The molecule has 2 aromatic carbocycles. The predicted octanol–water partition coefficient (Wildman–Crippen LogP) is 2.66. The Morgan fingerprint density at radius 3 is 2.48 bits per heavy atom. The fraction of sp³-hybridized carbons (Fsp3) is 0.111. The zero-order valence-corrected chi connectivity index (χ0v) is 15.1. The van der Waals surface area contributed by atoms with Crippen LogP contribution >= 0.6 is 0 Å². The van der Waals surface area contributed by atoms with Gasteiger partial charge in [-0.25, -0.2) is 22.9 Å². The van der Waals surface area contributed by atoms with Gasteiger partial charge in [-0.2, -0.15) is 4.98 Å². The first-order valence-electron chi connectivity index (χ1n) is 8.12. The van der Waals surface area contributed by atoms with Gasteiger partial charge in [0.1, 0.15) is 11.6 Å². The molecule has 0 saturated heterocycles. The largest absolute Gasteiger partial charge is 0.354 e. The number of anilines is 3. The van der Waals surface area contributed by atoms with Crippen LogP contribution in [-0.2, 0) is 16.4 Å². The van der Waals surface area contributed by atoms with Gasteiger partial charge in [-0.05, 0) is 42.3 Å². The fourth-order valence-corrected chi connectivity index (χ4v) is 2.89. The van der Waals surface area contributed by atoms with Crippen LogP contribution in [0.15, 0.2) is 65.7 Å². The van der Waals surface area contributed by atoms with E-state index in [4.69, 9.17) is 5.14 Å². The lowest BCUT2D eigenvalue weighted by atomic mass is 10.1. The van der Waals surface area contributed by atoms with Crippen LogP contribution in [-0.4, -0.2) is 24.9 Å². The molecule has 3 rings (SSSR count). The van der Waals surface area contributed by atoms with Crippen LogP contribution in [0, 0.1) is 5.82 Å². The molecule has 27 heavy (non-hydrogen) atoms. The van der Waals surface area contributed by atoms with E-state index in [1.807, 2.05) is 0 Å². The number of hydrogen-bond donors (Lipinski definition) is 3. The van der Waals surface area contributed by atoms with Crippen LogP contribution in [0.5, 0.6) is 0 Å². The number of rotatable bonds is 7. The van der Waals surface area contributed by atoms with Crippen molar-refractivity contribution in [2.24, 2.45) is 5.14 Å². The Kier molecular flexibility index (Phi) is 5.63. The van der Waals surface area contributed by atoms with Crippen molar-refractivity contribution in [3.63, 3.8) is 0 Å². The number of nitrogens with two attached hydrogens (primary N) is 1. The molecule has 3 aromatic rings. The third kappa shape index (κ3) is 5.22. The Bertz CT molecular complexity index is 1030. The first-order valence-corrected chi connectivity index (χ1v) is 9.67. The molecule has 4 N–H and O–H groups in total. The minimum absolute atomic E-state index is 0.0782. The van der Waals surface area contributed by atoms with Gasteiger partial charge in [-0.15, -0.1) is 0 Å². The topological polar surface area (TPSA) is 110 Å². The quantitative estimate of drug-likeness (QED) is 0.575. The van der Waals surface area contributed by atoms with Crippen molar-refractivity contribution in [1.82, 2.24) is 9.97 Å². The monoisotopic (exact) mass is 387 g/mol. The second-order valence-corrected chi connectivity index (χ2v) is 7.30. The maximum absolute atomic E-state index is 13.7. The van der Waals surface area contributed by atoms with E-state index in [1.54, 1.807) is 42.6 Å². The summed E-state index contributed by atoms with van der Waals surface area (Å²) in [5, 5.41) is 11.1. The summed E-state index contributed by atoms with van der Waals surface area (Å²) in [5.41, 5.74) is 1.27. The molecule has 0 aliphatic carbocycles. The zero-order valence-electron chi connectivity index (χ0n) is 14.3. The molecule has 0 aliphatic rings. The maximum atomic E-state index is 13.7. The van der Waals surface area contributed by atoms with E-state index in [-0.39, 0.29) is 10.7 Å². The highest BCUT2D eigenvalue weighted by molar-refractivity contribution is 7.89. The van der Waals surface area contributed by atoms with Gasteiger partial charge in [-0.3, -0.25) is 0 Å². The summed E-state index contributed by atoms with van der Waals surface area (Å²) in [7, 11) is -3.69. The second-order valence-electron chi connectivity index (χ2n) is 5.74. The number of nitrogens with one attached hydrogen (secondary N) is 2. The molecule has 0 spiro atoms. The number of primary sulfonamides is 1. The van der Waals surface area contributed by atoms with Crippen molar-refractivity contribution in [1.29, 1.82) is 0 Å². The average molecular weight is 387 g/mol. The molecule has 1 heterocycles. The molecule has 9 heteroatoms. The highest BCUT2D eigenvalue weighted by Gasteiger charge is 2.07. The van der Waals surface area contributed by atoms with Gasteiger partial charge in [0.2, 0.25) is 16.0 Å². The highest BCUT2D eigenvalue weighted by Crippen LogP contribution is 2.18. The standard InChI is InChI=1S/C18H18FN5O2S/c19-15-3-1-2-4-16(15)23-17-10-12-22-18(24-17)21-11-9-13-5-7-14(8-6-13)27(20,25)26/h1-8,10,12H,9,11H2,(H2,20,25,26)(H2,21,22,23,24). The van der Waals surface area contributed by atoms with Crippen LogP contribution in [0.25, 0.3) is 0 Å². The molecular weight excluding hydrogens is 369 g/mol. The number of benzene rings is 2. The Hall–Kier alpha value is -3.04. The number of aromatic nitrogens is 2. The van der Waals surface area contributed by atoms with Crippen molar-refractivity contribution >= 4 is 27.5 Å². The Balaban J connectivity index is 1.58. The van der Waals surface area contributed by atoms with Crippen LogP contribution in [0.1, 0.15) is 5.56 Å². The number of halogens is 1. The van der Waals surface area contributed by atoms with E-state index in [9.17, 15) is 12.8 Å². The lowest BCUT2D eigenvalue weighted by molar-refractivity contribution is 0.597. The molecule has 0 bridgehead atoms. The van der Waals surface area contributed by atoms with Crippen molar-refractivity contribution in [2.75, 3.05) is 17.2 Å². The normalized spacial score (nSPS) is 11.2. The Morgan fingerprint density at radius 1 is 1.04 bits per heavy atom. The molecule has 0 unspecified atom stereocenters. The van der Waals surface area contributed by atoms with Crippen LogP contribution < -0.4 is 15.8 Å². The molecule has 0 fully saturated rings. The third-order valence-electron chi connectivity index (χ3n) is 3.74. The molecule has 0 aliphatic heterocycles. The Labute approximate surface area is 156 Å². The van der Waals surface area contributed by atoms with Gasteiger partial charge in [-0.1, -0.05) is 24.3 Å². The van der Waals surface area contributed by atoms with Crippen molar-refractivity contribution < 1.29 is 12.8 Å². The van der Waals surface area contributed by atoms with E-state index in [2.05, 4.69) is 20.6 Å². The summed E-state index contributed by atoms with van der Waals surface area (Å²) in [5.74, 6) is 0.501. The van der Waals surface area contributed by atoms with Gasteiger partial charge in [0, 0.05) is 12.7 Å². The summed E-state index contributed by atoms with van der Waals surface area (Å²) < 4.78 is 36.2. The van der Waals surface area contributed by atoms with Crippen molar-refractivity contribution in [3.05, 3.63) is 72.2 Å².